The number of methoxy groups -OCH3 is 1. The first-order chi connectivity index (χ1) is 6.40. The smallest absolute Gasteiger partial charge is 0.118 e. The average molecular weight is 174 g/mol. The summed E-state index contributed by atoms with van der Waals surface area (Å²) in [6.07, 6.45) is 1.79. The molecule has 1 aliphatic rings. The molecule has 0 atom stereocenters. The molecular formula is C10H10N2O. The van der Waals surface area contributed by atoms with E-state index in [4.69, 9.17) is 4.74 Å². The number of hydrogen-bond donors (Lipinski definition) is 0. The first-order valence-corrected chi connectivity index (χ1v) is 4.10. The van der Waals surface area contributed by atoms with E-state index in [9.17, 15) is 0 Å². The molecule has 0 aromatic heterocycles. The van der Waals surface area contributed by atoms with E-state index in [0.717, 1.165) is 16.9 Å². The molecule has 0 aliphatic carbocycles. The first-order valence-electron chi connectivity index (χ1n) is 4.10. The summed E-state index contributed by atoms with van der Waals surface area (Å²) in [5, 5.41) is 7.70. The summed E-state index contributed by atoms with van der Waals surface area (Å²) in [6.45, 7) is 0.687. The van der Waals surface area contributed by atoms with Gasteiger partial charge in [-0.15, -0.1) is 0 Å². The maximum Gasteiger partial charge on any atom is 0.118 e. The summed E-state index contributed by atoms with van der Waals surface area (Å²) in [4.78, 5) is 0. The standard InChI is InChI=1S/C10H10N2O/c1-13-10-4-2-8(3-5-10)9-6-11-12-7-9/h2-6H,7H2,1H3. The number of ether oxygens (including phenoxy) is 1. The van der Waals surface area contributed by atoms with Crippen molar-refractivity contribution >= 4 is 5.57 Å². The molecule has 0 unspecified atom stereocenters. The first kappa shape index (κ1) is 7.98. The van der Waals surface area contributed by atoms with E-state index in [1.54, 1.807) is 13.3 Å². The van der Waals surface area contributed by atoms with Crippen molar-refractivity contribution in [2.75, 3.05) is 13.7 Å². The van der Waals surface area contributed by atoms with Crippen LogP contribution in [0.2, 0.25) is 0 Å². The monoisotopic (exact) mass is 174 g/mol. The van der Waals surface area contributed by atoms with Crippen LogP contribution in [-0.4, -0.2) is 13.7 Å². The third-order valence-corrected chi connectivity index (χ3v) is 2.00. The van der Waals surface area contributed by atoms with Crippen molar-refractivity contribution in [1.82, 2.24) is 0 Å². The summed E-state index contributed by atoms with van der Waals surface area (Å²) in [5.41, 5.74) is 2.31. The second-order valence-electron chi connectivity index (χ2n) is 2.80. The van der Waals surface area contributed by atoms with Crippen molar-refractivity contribution in [2.45, 2.75) is 0 Å². The topological polar surface area (TPSA) is 34.0 Å². The van der Waals surface area contributed by atoms with E-state index in [0.29, 0.717) is 6.54 Å². The Balaban J connectivity index is 2.23. The van der Waals surface area contributed by atoms with Gasteiger partial charge in [0.1, 0.15) is 5.75 Å². The molecule has 3 heteroatoms. The molecule has 1 aromatic rings. The molecule has 1 heterocycles. The zero-order valence-corrected chi connectivity index (χ0v) is 7.40. The molecule has 3 nitrogen and oxygen atoms in total. The zero-order valence-electron chi connectivity index (χ0n) is 7.40. The zero-order chi connectivity index (χ0) is 9.10. The highest BCUT2D eigenvalue weighted by atomic mass is 16.5. The van der Waals surface area contributed by atoms with Gasteiger partial charge >= 0.3 is 0 Å². The summed E-state index contributed by atoms with van der Waals surface area (Å²) in [7, 11) is 1.66. The molecule has 1 aromatic carbocycles. The minimum Gasteiger partial charge on any atom is -0.497 e. The molecule has 0 amide bonds. The van der Waals surface area contributed by atoms with E-state index in [1.807, 2.05) is 24.3 Å². The van der Waals surface area contributed by atoms with Gasteiger partial charge in [-0.1, -0.05) is 12.1 Å². The normalized spacial score (nSPS) is 14.4. The lowest BCUT2D eigenvalue weighted by molar-refractivity contribution is 0.415. The highest BCUT2D eigenvalue weighted by Crippen LogP contribution is 2.21. The summed E-state index contributed by atoms with van der Waals surface area (Å²) < 4.78 is 5.07. The quantitative estimate of drug-likeness (QED) is 0.678. The Labute approximate surface area is 76.8 Å². The number of rotatable bonds is 2. The summed E-state index contributed by atoms with van der Waals surface area (Å²) >= 11 is 0. The molecule has 13 heavy (non-hydrogen) atoms. The lowest BCUT2D eigenvalue weighted by Crippen LogP contribution is -1.86. The predicted octanol–water partition coefficient (Wildman–Crippen LogP) is 2.50. The maximum absolute atomic E-state index is 5.07. The molecule has 0 saturated heterocycles. The maximum atomic E-state index is 5.07. The van der Waals surface area contributed by atoms with Crippen LogP contribution >= 0.6 is 0 Å². The minimum atomic E-state index is 0.687. The molecule has 2 rings (SSSR count). The Morgan fingerprint density at radius 3 is 2.54 bits per heavy atom. The fraction of sp³-hybridized carbons (Fsp3) is 0.200. The molecule has 0 radical (unpaired) electrons. The predicted molar refractivity (Wildman–Crippen MR) is 50.7 cm³/mol. The van der Waals surface area contributed by atoms with Gasteiger partial charge in [0.2, 0.25) is 0 Å². The third-order valence-electron chi connectivity index (χ3n) is 2.00. The van der Waals surface area contributed by atoms with Gasteiger partial charge in [-0.3, -0.25) is 0 Å². The molecular weight excluding hydrogens is 164 g/mol. The lowest BCUT2D eigenvalue weighted by Gasteiger charge is -2.02. The van der Waals surface area contributed by atoms with Crippen LogP contribution in [0.15, 0.2) is 40.7 Å². The Bertz CT molecular complexity index is 352. The van der Waals surface area contributed by atoms with Crippen molar-refractivity contribution in [3.63, 3.8) is 0 Å². The van der Waals surface area contributed by atoms with Crippen molar-refractivity contribution in [3.8, 4) is 5.75 Å². The van der Waals surface area contributed by atoms with Crippen LogP contribution in [0.1, 0.15) is 5.56 Å². The summed E-state index contributed by atoms with van der Waals surface area (Å²) in [6, 6.07) is 7.91. The van der Waals surface area contributed by atoms with E-state index < -0.39 is 0 Å². The van der Waals surface area contributed by atoms with Gasteiger partial charge in [0.05, 0.1) is 19.9 Å². The van der Waals surface area contributed by atoms with Crippen LogP contribution in [0, 0.1) is 0 Å². The summed E-state index contributed by atoms with van der Waals surface area (Å²) in [5.74, 6) is 0.872. The second-order valence-corrected chi connectivity index (χ2v) is 2.80. The van der Waals surface area contributed by atoms with Crippen LogP contribution in [0.4, 0.5) is 0 Å². The highest BCUT2D eigenvalue weighted by Gasteiger charge is 2.04. The van der Waals surface area contributed by atoms with Crippen molar-refractivity contribution in [2.24, 2.45) is 10.2 Å². The number of hydrogen-bond acceptors (Lipinski definition) is 3. The Kier molecular flexibility index (Phi) is 2.08. The van der Waals surface area contributed by atoms with Crippen LogP contribution < -0.4 is 4.74 Å². The van der Waals surface area contributed by atoms with Crippen molar-refractivity contribution in [1.29, 1.82) is 0 Å². The lowest BCUT2D eigenvalue weighted by atomic mass is 10.1. The molecule has 0 fully saturated rings. The van der Waals surface area contributed by atoms with Gasteiger partial charge in [-0.25, -0.2) is 0 Å². The second kappa shape index (κ2) is 3.39. The number of azo groups is 1. The van der Waals surface area contributed by atoms with Crippen LogP contribution in [0.3, 0.4) is 0 Å². The SMILES string of the molecule is COc1ccc(C2=CN=NC2)cc1. The van der Waals surface area contributed by atoms with E-state index >= 15 is 0 Å². The van der Waals surface area contributed by atoms with Gasteiger partial charge in [-0.05, 0) is 17.7 Å². The molecule has 0 saturated carbocycles. The van der Waals surface area contributed by atoms with E-state index in [-0.39, 0.29) is 0 Å². The fourth-order valence-corrected chi connectivity index (χ4v) is 1.24. The third kappa shape index (κ3) is 1.59. The molecule has 0 N–H and O–H groups in total. The van der Waals surface area contributed by atoms with Crippen LogP contribution in [0.25, 0.3) is 5.57 Å². The van der Waals surface area contributed by atoms with Gasteiger partial charge < -0.3 is 4.74 Å². The molecule has 0 bridgehead atoms. The average Bonchev–Trinajstić information content (AvgIpc) is 2.71. The van der Waals surface area contributed by atoms with Gasteiger partial charge in [0, 0.05) is 5.57 Å². The highest BCUT2D eigenvalue weighted by molar-refractivity contribution is 5.68. The molecule has 66 valence electrons. The number of benzene rings is 1. The van der Waals surface area contributed by atoms with Crippen LogP contribution in [-0.2, 0) is 0 Å². The Morgan fingerprint density at radius 1 is 1.23 bits per heavy atom. The van der Waals surface area contributed by atoms with Gasteiger partial charge in [0.15, 0.2) is 0 Å². The fourth-order valence-electron chi connectivity index (χ4n) is 1.24. The largest absolute Gasteiger partial charge is 0.497 e. The van der Waals surface area contributed by atoms with Crippen molar-refractivity contribution < 1.29 is 4.74 Å². The van der Waals surface area contributed by atoms with E-state index in [2.05, 4.69) is 10.2 Å². The Morgan fingerprint density at radius 2 is 2.00 bits per heavy atom. The minimum absolute atomic E-state index is 0.687. The number of nitrogens with zero attached hydrogens (tertiary/aromatic N) is 2. The van der Waals surface area contributed by atoms with E-state index in [1.165, 1.54) is 0 Å². The molecule has 1 aliphatic heterocycles. The Hall–Kier alpha value is -1.64. The molecule has 0 spiro atoms. The van der Waals surface area contributed by atoms with Gasteiger partial charge in [-0.2, -0.15) is 10.2 Å². The van der Waals surface area contributed by atoms with Crippen LogP contribution in [0.5, 0.6) is 5.75 Å². The van der Waals surface area contributed by atoms with Crippen molar-refractivity contribution in [3.05, 3.63) is 36.0 Å². The van der Waals surface area contributed by atoms with Gasteiger partial charge in [0.25, 0.3) is 0 Å².